The van der Waals surface area contributed by atoms with Gasteiger partial charge in [-0.15, -0.1) is 0 Å². The van der Waals surface area contributed by atoms with Gasteiger partial charge in [0, 0.05) is 12.0 Å². The second-order valence-electron chi connectivity index (χ2n) is 8.25. The Balaban J connectivity index is 1.55. The van der Waals surface area contributed by atoms with Crippen LogP contribution in [0.25, 0.3) is 0 Å². The average molecular weight is 457 g/mol. The van der Waals surface area contributed by atoms with Crippen LogP contribution in [0, 0.1) is 0 Å². The minimum atomic E-state index is -4.35. The molecule has 0 saturated carbocycles. The molecule has 174 valence electrons. The first-order chi connectivity index (χ1) is 15.8. The third kappa shape index (κ3) is 4.89. The van der Waals surface area contributed by atoms with E-state index in [1.807, 2.05) is 30.3 Å². The molecule has 2 atom stereocenters. The Morgan fingerprint density at radius 1 is 1.06 bits per heavy atom. The van der Waals surface area contributed by atoms with Crippen molar-refractivity contribution in [3.8, 4) is 0 Å². The molecule has 0 fully saturated rings. The Morgan fingerprint density at radius 2 is 1.82 bits per heavy atom. The van der Waals surface area contributed by atoms with Gasteiger partial charge < -0.3 is 22.2 Å². The van der Waals surface area contributed by atoms with E-state index in [9.17, 15) is 13.2 Å². The van der Waals surface area contributed by atoms with Gasteiger partial charge in [-0.3, -0.25) is 0 Å². The molecular weight excluding hydrogens is 429 g/mol. The van der Waals surface area contributed by atoms with Crippen LogP contribution in [0.2, 0.25) is 0 Å². The van der Waals surface area contributed by atoms with Crippen molar-refractivity contribution in [3.63, 3.8) is 0 Å². The molecule has 1 heterocycles. The van der Waals surface area contributed by atoms with Gasteiger partial charge >= 0.3 is 6.18 Å². The van der Waals surface area contributed by atoms with Gasteiger partial charge in [0.05, 0.1) is 11.3 Å². The van der Waals surface area contributed by atoms with Crippen LogP contribution < -0.4 is 28.1 Å². The van der Waals surface area contributed by atoms with Gasteiger partial charge in [-0.05, 0) is 66.3 Å². The first kappa shape index (κ1) is 22.9. The number of nitrogens with two attached hydrogens (primary N) is 3. The topological polar surface area (TPSA) is 115 Å². The summed E-state index contributed by atoms with van der Waals surface area (Å²) in [6, 6.07) is 15.5. The minimum absolute atomic E-state index is 0.0986. The molecule has 1 aliphatic rings. The van der Waals surface area contributed by atoms with E-state index in [2.05, 4.69) is 15.7 Å². The summed E-state index contributed by atoms with van der Waals surface area (Å²) < 4.78 is 39.6. The number of aromatic nitrogens is 1. The fraction of sp³-hybridized carbons (Fsp3) is 0.292. The van der Waals surface area contributed by atoms with Crippen molar-refractivity contribution in [1.82, 2.24) is 10.3 Å². The molecule has 0 radical (unpaired) electrons. The van der Waals surface area contributed by atoms with Crippen LogP contribution in [0.5, 0.6) is 0 Å². The summed E-state index contributed by atoms with van der Waals surface area (Å²) in [5, 5.41) is 3.45. The van der Waals surface area contributed by atoms with E-state index in [4.69, 9.17) is 17.3 Å². The number of halogens is 3. The van der Waals surface area contributed by atoms with E-state index in [1.54, 1.807) is 12.1 Å². The highest BCUT2D eigenvalue weighted by Crippen LogP contribution is 2.38. The summed E-state index contributed by atoms with van der Waals surface area (Å²) in [4.78, 5) is 4.13. The lowest BCUT2D eigenvalue weighted by Crippen LogP contribution is -2.23. The van der Waals surface area contributed by atoms with E-state index >= 15 is 0 Å². The average Bonchev–Trinajstić information content (AvgIpc) is 3.20. The van der Waals surface area contributed by atoms with Gasteiger partial charge in [0.1, 0.15) is 5.82 Å². The lowest BCUT2D eigenvalue weighted by atomic mass is 9.87. The summed E-state index contributed by atoms with van der Waals surface area (Å²) in [5.74, 6) is 6.06. The summed E-state index contributed by atoms with van der Waals surface area (Å²) in [6.07, 6.45) is -2.18. The van der Waals surface area contributed by atoms with Crippen LogP contribution >= 0.6 is 0 Å². The zero-order valence-corrected chi connectivity index (χ0v) is 18.0. The fourth-order valence-electron chi connectivity index (χ4n) is 4.57. The number of pyridine rings is 1. The van der Waals surface area contributed by atoms with Crippen LogP contribution in [0.4, 0.5) is 30.5 Å². The lowest BCUT2D eigenvalue weighted by Gasteiger charge is -2.23. The van der Waals surface area contributed by atoms with Gasteiger partial charge in [-0.25, -0.2) is 10.8 Å². The van der Waals surface area contributed by atoms with Crippen molar-refractivity contribution in [1.29, 1.82) is 0 Å². The molecule has 9 heteroatoms. The molecule has 3 aromatic rings. The molecular formula is C24H27F3N6. The second kappa shape index (κ2) is 9.29. The van der Waals surface area contributed by atoms with Crippen LogP contribution in [0.1, 0.15) is 52.6 Å². The van der Waals surface area contributed by atoms with Crippen LogP contribution in [-0.4, -0.2) is 11.5 Å². The lowest BCUT2D eigenvalue weighted by molar-refractivity contribution is -0.137. The zero-order chi connectivity index (χ0) is 23.6. The van der Waals surface area contributed by atoms with Crippen LogP contribution in [0.3, 0.4) is 0 Å². The Morgan fingerprint density at radius 3 is 2.52 bits per heavy atom. The number of anilines is 3. The minimum Gasteiger partial charge on any atom is -0.395 e. The van der Waals surface area contributed by atoms with Crippen molar-refractivity contribution in [2.45, 2.75) is 37.4 Å². The number of rotatable bonds is 7. The number of hydrazine groups is 1. The number of hydrogen-bond donors (Lipinski definition) is 5. The molecule has 2 aromatic carbocycles. The molecule has 0 saturated heterocycles. The smallest absolute Gasteiger partial charge is 0.395 e. The predicted octanol–water partition coefficient (Wildman–Crippen LogP) is 4.35. The monoisotopic (exact) mass is 456 g/mol. The maximum absolute atomic E-state index is 13.2. The normalized spacial score (nSPS) is 16.4. The highest BCUT2D eigenvalue weighted by molar-refractivity contribution is 5.70. The summed E-state index contributed by atoms with van der Waals surface area (Å²) in [7, 11) is 0. The number of nitrogens with zero attached hydrogens (tertiary/aromatic N) is 1. The standard InChI is InChI=1S/C24H27F3N6/c25-24(26,27)16-8-6-15-7-9-20(18(15)12-16)31-11-10-17(14-4-2-1-3-5-14)19-13-21(28)32-23(33-30)22(19)29/h1-6,8,12-13,17,20,31H,7,9-11,29-30H2,(H3,28,32,33). The number of benzene rings is 2. The van der Waals surface area contributed by atoms with Crippen molar-refractivity contribution in [3.05, 3.63) is 82.4 Å². The van der Waals surface area contributed by atoms with Crippen molar-refractivity contribution in [2.75, 3.05) is 23.4 Å². The predicted molar refractivity (Wildman–Crippen MR) is 124 cm³/mol. The van der Waals surface area contributed by atoms with Crippen molar-refractivity contribution >= 4 is 17.3 Å². The Labute approximate surface area is 190 Å². The number of hydrogen-bond acceptors (Lipinski definition) is 6. The van der Waals surface area contributed by atoms with E-state index in [1.165, 1.54) is 6.07 Å². The van der Waals surface area contributed by atoms with Crippen LogP contribution in [0.15, 0.2) is 54.6 Å². The van der Waals surface area contributed by atoms with Gasteiger partial charge in [-0.2, -0.15) is 13.2 Å². The fourth-order valence-corrected chi connectivity index (χ4v) is 4.57. The van der Waals surface area contributed by atoms with E-state index in [0.717, 1.165) is 41.2 Å². The number of aryl methyl sites for hydroxylation is 1. The van der Waals surface area contributed by atoms with E-state index in [0.29, 0.717) is 30.3 Å². The van der Waals surface area contributed by atoms with E-state index < -0.39 is 11.7 Å². The van der Waals surface area contributed by atoms with Gasteiger partial charge in [0.15, 0.2) is 5.82 Å². The summed E-state index contributed by atoms with van der Waals surface area (Å²) >= 11 is 0. The van der Waals surface area contributed by atoms with Gasteiger partial charge in [0.2, 0.25) is 0 Å². The summed E-state index contributed by atoms with van der Waals surface area (Å²) in [6.45, 7) is 0.576. The van der Waals surface area contributed by atoms with Gasteiger partial charge in [0.25, 0.3) is 0 Å². The second-order valence-corrected chi connectivity index (χ2v) is 8.25. The maximum atomic E-state index is 13.2. The third-order valence-corrected chi connectivity index (χ3v) is 6.20. The molecule has 1 aliphatic carbocycles. The zero-order valence-electron chi connectivity index (χ0n) is 18.0. The number of fused-ring (bicyclic) bond motifs is 1. The van der Waals surface area contributed by atoms with Gasteiger partial charge in [-0.1, -0.05) is 36.4 Å². The highest BCUT2D eigenvalue weighted by Gasteiger charge is 2.33. The van der Waals surface area contributed by atoms with Crippen LogP contribution in [-0.2, 0) is 12.6 Å². The van der Waals surface area contributed by atoms with Crippen molar-refractivity contribution in [2.24, 2.45) is 5.84 Å². The first-order valence-electron chi connectivity index (χ1n) is 10.8. The molecule has 0 amide bonds. The molecule has 2 unspecified atom stereocenters. The largest absolute Gasteiger partial charge is 0.416 e. The molecule has 8 N–H and O–H groups in total. The number of nitrogen functional groups attached to an aromatic ring is 3. The first-order valence-corrected chi connectivity index (χ1v) is 10.8. The molecule has 0 bridgehead atoms. The Kier molecular flexibility index (Phi) is 6.44. The Hall–Kier alpha value is -3.30. The number of alkyl halides is 3. The molecule has 33 heavy (non-hydrogen) atoms. The highest BCUT2D eigenvalue weighted by atomic mass is 19.4. The SMILES string of the molecule is NNc1nc(N)cc(C(CCNC2CCc3ccc(C(F)(F)F)cc32)c2ccccc2)c1N. The molecule has 0 aliphatic heterocycles. The molecule has 1 aromatic heterocycles. The summed E-state index contributed by atoms with van der Waals surface area (Å²) in [5.41, 5.74) is 18.1. The molecule has 4 rings (SSSR count). The Bertz CT molecular complexity index is 1120. The van der Waals surface area contributed by atoms with Crippen molar-refractivity contribution < 1.29 is 13.2 Å². The maximum Gasteiger partial charge on any atom is 0.416 e. The molecule has 0 spiro atoms. The number of nitrogens with one attached hydrogen (secondary N) is 2. The molecule has 6 nitrogen and oxygen atoms in total. The van der Waals surface area contributed by atoms with E-state index in [-0.39, 0.29) is 12.0 Å². The third-order valence-electron chi connectivity index (χ3n) is 6.20. The quantitative estimate of drug-likeness (QED) is 0.267.